The van der Waals surface area contributed by atoms with Crippen molar-refractivity contribution in [2.24, 2.45) is 0 Å². The van der Waals surface area contributed by atoms with Crippen molar-refractivity contribution in [3.63, 3.8) is 0 Å². The Morgan fingerprint density at radius 3 is 2.83 bits per heavy atom. The molecule has 0 atom stereocenters. The lowest BCUT2D eigenvalue weighted by Crippen LogP contribution is -2.33. The van der Waals surface area contributed by atoms with Crippen LogP contribution in [0.2, 0.25) is 5.02 Å². The fourth-order valence-corrected chi connectivity index (χ4v) is 4.63. The predicted octanol–water partition coefficient (Wildman–Crippen LogP) is 3.17. The van der Waals surface area contributed by atoms with E-state index >= 15 is 0 Å². The second-order valence-electron chi connectivity index (χ2n) is 6.88. The zero-order chi connectivity index (χ0) is 21.3. The highest BCUT2D eigenvalue weighted by atomic mass is 35.5. The van der Waals surface area contributed by atoms with Crippen LogP contribution in [0.1, 0.15) is 24.8 Å². The van der Waals surface area contributed by atoms with Gasteiger partial charge in [-0.15, -0.1) is 0 Å². The molecule has 2 aromatic carbocycles. The third-order valence-corrected chi connectivity index (χ3v) is 6.58. The monoisotopic (exact) mass is 446 g/mol. The second kappa shape index (κ2) is 8.17. The van der Waals surface area contributed by atoms with Crippen LogP contribution in [0.3, 0.4) is 0 Å². The molecule has 10 heteroatoms. The zero-order valence-electron chi connectivity index (χ0n) is 16.1. The number of carbonyl (C=O) groups excluding carboxylic acids is 1. The summed E-state index contributed by atoms with van der Waals surface area (Å²) in [5.41, 5.74) is 2.19. The number of aromatic nitrogens is 2. The molecule has 1 amide bonds. The first-order valence-corrected chi connectivity index (χ1v) is 11.2. The minimum Gasteiger partial charge on any atom is -0.338 e. The number of aryl methyl sites for hydroxylation is 1. The first-order chi connectivity index (χ1) is 14.3. The van der Waals surface area contributed by atoms with Crippen LogP contribution < -0.4 is 9.62 Å². The SMILES string of the molecule is CC(=O)N1CCCc2cc(S(=O)(=O)NCc3nc(-c4ccccc4Cl)no3)ccc21. The van der Waals surface area contributed by atoms with Crippen molar-refractivity contribution < 1.29 is 17.7 Å². The highest BCUT2D eigenvalue weighted by Crippen LogP contribution is 2.29. The van der Waals surface area contributed by atoms with Crippen LogP contribution in [0, 0.1) is 0 Å². The number of hydrogen-bond acceptors (Lipinski definition) is 6. The summed E-state index contributed by atoms with van der Waals surface area (Å²) in [4.78, 5) is 17.8. The predicted molar refractivity (Wildman–Crippen MR) is 112 cm³/mol. The Balaban J connectivity index is 1.51. The van der Waals surface area contributed by atoms with Crippen LogP contribution in [0.4, 0.5) is 5.69 Å². The van der Waals surface area contributed by atoms with Gasteiger partial charge in [0.15, 0.2) is 0 Å². The van der Waals surface area contributed by atoms with Crippen molar-refractivity contribution in [2.45, 2.75) is 31.2 Å². The van der Waals surface area contributed by atoms with Gasteiger partial charge in [-0.2, -0.15) is 4.98 Å². The normalized spacial score (nSPS) is 13.9. The summed E-state index contributed by atoms with van der Waals surface area (Å²) in [6.07, 6.45) is 1.50. The van der Waals surface area contributed by atoms with Gasteiger partial charge in [-0.1, -0.05) is 28.9 Å². The fourth-order valence-electron chi connectivity index (χ4n) is 3.39. The summed E-state index contributed by atoms with van der Waals surface area (Å²) in [5, 5.41) is 4.33. The largest absolute Gasteiger partial charge is 0.338 e. The molecule has 3 aromatic rings. The van der Waals surface area contributed by atoms with E-state index in [1.54, 1.807) is 41.3 Å². The first-order valence-electron chi connectivity index (χ1n) is 9.33. The number of hydrogen-bond donors (Lipinski definition) is 1. The summed E-state index contributed by atoms with van der Waals surface area (Å²) in [6, 6.07) is 11.8. The molecule has 0 unspecified atom stereocenters. The number of carbonyl (C=O) groups is 1. The van der Waals surface area contributed by atoms with E-state index in [1.165, 1.54) is 13.0 Å². The summed E-state index contributed by atoms with van der Waals surface area (Å²) in [7, 11) is -3.80. The van der Waals surface area contributed by atoms with Gasteiger partial charge in [0.1, 0.15) is 0 Å². The number of nitrogens with zero attached hydrogens (tertiary/aromatic N) is 3. The highest BCUT2D eigenvalue weighted by Gasteiger charge is 2.23. The van der Waals surface area contributed by atoms with Crippen LogP contribution in [-0.4, -0.2) is 31.0 Å². The number of fused-ring (bicyclic) bond motifs is 1. The molecule has 0 bridgehead atoms. The minimum atomic E-state index is -3.80. The van der Waals surface area contributed by atoms with Crippen molar-refractivity contribution in [3.05, 3.63) is 58.9 Å². The molecule has 4 rings (SSSR count). The average Bonchev–Trinajstić information content (AvgIpc) is 3.20. The minimum absolute atomic E-state index is 0.0598. The highest BCUT2D eigenvalue weighted by molar-refractivity contribution is 7.89. The maximum atomic E-state index is 12.7. The standard InChI is InChI=1S/C20H19ClN4O4S/c1-13(26)25-10-4-5-14-11-15(8-9-18(14)25)30(27,28)22-12-19-23-20(24-29-19)16-6-2-3-7-17(16)21/h2-3,6-9,11,22H,4-5,10,12H2,1H3. The number of halogens is 1. The van der Waals surface area contributed by atoms with Gasteiger partial charge < -0.3 is 9.42 Å². The zero-order valence-corrected chi connectivity index (χ0v) is 17.7. The molecule has 8 nitrogen and oxygen atoms in total. The summed E-state index contributed by atoms with van der Waals surface area (Å²) < 4.78 is 33.1. The molecule has 0 saturated carbocycles. The molecule has 1 aliphatic rings. The molecule has 0 saturated heterocycles. The summed E-state index contributed by atoms with van der Waals surface area (Å²) in [6.45, 7) is 1.98. The third kappa shape index (κ3) is 4.09. The summed E-state index contributed by atoms with van der Waals surface area (Å²) >= 11 is 6.13. The smallest absolute Gasteiger partial charge is 0.242 e. The molecule has 1 N–H and O–H groups in total. The van der Waals surface area contributed by atoms with Gasteiger partial charge >= 0.3 is 0 Å². The van der Waals surface area contributed by atoms with Gasteiger partial charge in [-0.3, -0.25) is 4.79 Å². The van der Waals surface area contributed by atoms with E-state index in [4.69, 9.17) is 16.1 Å². The van der Waals surface area contributed by atoms with Crippen molar-refractivity contribution in [1.29, 1.82) is 0 Å². The lowest BCUT2D eigenvalue weighted by Gasteiger charge is -2.28. The van der Waals surface area contributed by atoms with Crippen molar-refractivity contribution in [3.8, 4) is 11.4 Å². The molecule has 0 fully saturated rings. The van der Waals surface area contributed by atoms with E-state index in [0.717, 1.165) is 17.7 Å². The Labute approximate surface area is 178 Å². The Hall–Kier alpha value is -2.75. The van der Waals surface area contributed by atoms with E-state index in [9.17, 15) is 13.2 Å². The second-order valence-corrected chi connectivity index (χ2v) is 9.06. The van der Waals surface area contributed by atoms with E-state index in [1.807, 2.05) is 0 Å². The Kier molecular flexibility index (Phi) is 5.59. The van der Waals surface area contributed by atoms with Crippen LogP contribution in [0.5, 0.6) is 0 Å². The number of amides is 1. The lowest BCUT2D eigenvalue weighted by molar-refractivity contribution is -0.116. The topological polar surface area (TPSA) is 105 Å². The van der Waals surface area contributed by atoms with Crippen LogP contribution in [0.15, 0.2) is 51.9 Å². The van der Waals surface area contributed by atoms with Crippen molar-refractivity contribution in [1.82, 2.24) is 14.9 Å². The number of benzene rings is 2. The molecular formula is C20H19ClN4O4S. The van der Waals surface area contributed by atoms with Crippen molar-refractivity contribution >= 4 is 33.2 Å². The number of sulfonamides is 1. The Bertz CT molecular complexity index is 1210. The Morgan fingerprint density at radius 2 is 2.07 bits per heavy atom. The first kappa shape index (κ1) is 20.5. The third-order valence-electron chi connectivity index (χ3n) is 4.86. The van der Waals surface area contributed by atoms with Gasteiger partial charge in [0.05, 0.1) is 16.5 Å². The molecule has 0 aliphatic carbocycles. The van der Waals surface area contributed by atoms with Gasteiger partial charge in [-0.25, -0.2) is 13.1 Å². The molecule has 1 aromatic heterocycles. The average molecular weight is 447 g/mol. The molecule has 0 radical (unpaired) electrons. The number of rotatable bonds is 5. The van der Waals surface area contributed by atoms with E-state index in [0.29, 0.717) is 23.6 Å². The van der Waals surface area contributed by atoms with E-state index < -0.39 is 10.0 Å². The molecule has 0 spiro atoms. The molecule has 156 valence electrons. The van der Waals surface area contributed by atoms with Crippen LogP contribution >= 0.6 is 11.6 Å². The van der Waals surface area contributed by atoms with Gasteiger partial charge in [-0.05, 0) is 48.7 Å². The van der Waals surface area contributed by atoms with Crippen LogP contribution in [0.25, 0.3) is 11.4 Å². The summed E-state index contributed by atoms with van der Waals surface area (Å²) in [5.74, 6) is 0.345. The van der Waals surface area contributed by atoms with Gasteiger partial charge in [0.25, 0.3) is 0 Å². The fraction of sp³-hybridized carbons (Fsp3) is 0.250. The maximum Gasteiger partial charge on any atom is 0.242 e. The number of nitrogens with one attached hydrogen (secondary N) is 1. The maximum absolute atomic E-state index is 12.7. The van der Waals surface area contributed by atoms with Gasteiger partial charge in [0, 0.05) is 24.7 Å². The quantitative estimate of drug-likeness (QED) is 0.645. The van der Waals surface area contributed by atoms with Gasteiger partial charge in [0.2, 0.25) is 27.6 Å². The van der Waals surface area contributed by atoms with Crippen molar-refractivity contribution in [2.75, 3.05) is 11.4 Å². The molecule has 30 heavy (non-hydrogen) atoms. The lowest BCUT2D eigenvalue weighted by atomic mass is 10.0. The molecular weight excluding hydrogens is 428 g/mol. The van der Waals surface area contributed by atoms with E-state index in [-0.39, 0.29) is 29.1 Å². The Morgan fingerprint density at radius 1 is 1.27 bits per heavy atom. The molecule has 1 aliphatic heterocycles. The molecule has 2 heterocycles. The van der Waals surface area contributed by atoms with E-state index in [2.05, 4.69) is 14.9 Å². The van der Waals surface area contributed by atoms with Crippen LogP contribution in [-0.2, 0) is 27.8 Å². The number of anilines is 1.